The molecule has 0 aromatic carbocycles. The van der Waals surface area contributed by atoms with Crippen LogP contribution in [0.4, 0.5) is 14.5 Å². The van der Waals surface area contributed by atoms with Crippen LogP contribution in [0.15, 0.2) is 24.7 Å². The number of carbonyl (C=O) groups excluding carboxylic acids is 1. The summed E-state index contributed by atoms with van der Waals surface area (Å²) in [6.45, 7) is 5.21. The fourth-order valence-corrected chi connectivity index (χ4v) is 2.18. The molecule has 0 aliphatic rings. The van der Waals surface area contributed by atoms with E-state index in [1.165, 1.54) is 35.1 Å². The van der Waals surface area contributed by atoms with Crippen molar-refractivity contribution in [3.63, 3.8) is 0 Å². The molecule has 2 heterocycles. The number of anilines is 1. The number of halogens is 2. The van der Waals surface area contributed by atoms with Gasteiger partial charge in [0.1, 0.15) is 6.04 Å². The van der Waals surface area contributed by atoms with E-state index in [-0.39, 0.29) is 5.91 Å². The lowest BCUT2D eigenvalue weighted by Gasteiger charge is -2.20. The molecule has 1 unspecified atom stereocenters. The van der Waals surface area contributed by atoms with Crippen LogP contribution in [0.5, 0.6) is 0 Å². The van der Waals surface area contributed by atoms with Crippen LogP contribution in [0.25, 0.3) is 0 Å². The molecule has 0 aliphatic carbocycles. The molecule has 0 fully saturated rings. The van der Waals surface area contributed by atoms with E-state index in [4.69, 9.17) is 0 Å². The molecule has 2 aromatic heterocycles. The van der Waals surface area contributed by atoms with Crippen LogP contribution < -0.4 is 4.90 Å². The lowest BCUT2D eigenvalue weighted by atomic mass is 10.2. The van der Waals surface area contributed by atoms with Gasteiger partial charge in [-0.1, -0.05) is 0 Å². The summed E-state index contributed by atoms with van der Waals surface area (Å²) in [5, 5.41) is 11.3. The Hall–Kier alpha value is -2.38. The third-order valence-corrected chi connectivity index (χ3v) is 3.47. The summed E-state index contributed by atoms with van der Waals surface area (Å²) in [5.74, 6) is -0.305. The minimum Gasteiger partial charge on any atom is -0.307 e. The van der Waals surface area contributed by atoms with E-state index in [2.05, 4.69) is 15.3 Å². The standard InChI is InChI=1S/C14H17F2N5O/c1-4-20(11-5-6-17-18-7-11)14(22)12-8-19-21(9(12)2)10(3)13(15)16/h5-8,10,13H,4H2,1-3H3. The van der Waals surface area contributed by atoms with Crippen LogP contribution >= 0.6 is 0 Å². The molecule has 22 heavy (non-hydrogen) atoms. The predicted molar refractivity (Wildman–Crippen MR) is 77.1 cm³/mol. The third-order valence-electron chi connectivity index (χ3n) is 3.47. The molecule has 0 spiro atoms. The van der Waals surface area contributed by atoms with Gasteiger partial charge in [0.05, 0.1) is 29.8 Å². The number of nitrogens with zero attached hydrogens (tertiary/aromatic N) is 5. The van der Waals surface area contributed by atoms with Gasteiger partial charge in [0, 0.05) is 12.2 Å². The second-order valence-electron chi connectivity index (χ2n) is 4.81. The summed E-state index contributed by atoms with van der Waals surface area (Å²) < 4.78 is 26.8. The minimum absolute atomic E-state index is 0.297. The van der Waals surface area contributed by atoms with Crippen LogP contribution in [0.2, 0.25) is 0 Å². The molecular weight excluding hydrogens is 292 g/mol. The summed E-state index contributed by atoms with van der Waals surface area (Å²) in [4.78, 5) is 14.1. The number of carbonyl (C=O) groups is 1. The summed E-state index contributed by atoms with van der Waals surface area (Å²) in [6, 6.07) is 0.579. The Balaban J connectivity index is 2.33. The van der Waals surface area contributed by atoms with Gasteiger partial charge in [-0.05, 0) is 26.8 Å². The molecule has 6 nitrogen and oxygen atoms in total. The highest BCUT2D eigenvalue weighted by molar-refractivity contribution is 6.06. The van der Waals surface area contributed by atoms with Crippen molar-refractivity contribution in [2.75, 3.05) is 11.4 Å². The Morgan fingerprint density at radius 2 is 2.09 bits per heavy atom. The molecule has 8 heteroatoms. The fourth-order valence-electron chi connectivity index (χ4n) is 2.18. The Morgan fingerprint density at radius 1 is 1.36 bits per heavy atom. The smallest absolute Gasteiger partial charge is 0.261 e. The van der Waals surface area contributed by atoms with Gasteiger partial charge in [0.25, 0.3) is 12.3 Å². The van der Waals surface area contributed by atoms with Gasteiger partial charge < -0.3 is 4.90 Å². The molecule has 1 amide bonds. The number of alkyl halides is 2. The highest BCUT2D eigenvalue weighted by atomic mass is 19.3. The fraction of sp³-hybridized carbons (Fsp3) is 0.429. The maximum atomic E-state index is 12.8. The molecule has 0 saturated carbocycles. The van der Waals surface area contributed by atoms with Crippen LogP contribution in [-0.2, 0) is 0 Å². The van der Waals surface area contributed by atoms with Gasteiger partial charge in [-0.25, -0.2) is 8.78 Å². The maximum absolute atomic E-state index is 12.8. The SMILES string of the molecule is CCN(C(=O)c1cnn(C(C)C(F)F)c1C)c1ccnnc1. The Kier molecular flexibility index (Phi) is 4.79. The van der Waals surface area contributed by atoms with Crippen molar-refractivity contribution in [1.29, 1.82) is 0 Å². The predicted octanol–water partition coefficient (Wildman–Crippen LogP) is 2.47. The number of amides is 1. The largest absolute Gasteiger partial charge is 0.307 e. The van der Waals surface area contributed by atoms with Gasteiger partial charge in [-0.2, -0.15) is 15.3 Å². The van der Waals surface area contributed by atoms with E-state index >= 15 is 0 Å². The van der Waals surface area contributed by atoms with Crippen molar-refractivity contribution in [3.8, 4) is 0 Å². The molecule has 0 radical (unpaired) electrons. The average Bonchev–Trinajstić information content (AvgIpc) is 2.89. The van der Waals surface area contributed by atoms with Gasteiger partial charge in [0.15, 0.2) is 0 Å². The number of hydrogen-bond donors (Lipinski definition) is 0. The molecule has 0 N–H and O–H groups in total. The average molecular weight is 309 g/mol. The van der Waals surface area contributed by atoms with Crippen molar-refractivity contribution in [1.82, 2.24) is 20.0 Å². The maximum Gasteiger partial charge on any atom is 0.261 e. The zero-order chi connectivity index (χ0) is 16.3. The van der Waals surface area contributed by atoms with Crippen molar-refractivity contribution in [2.24, 2.45) is 0 Å². The summed E-state index contributed by atoms with van der Waals surface area (Å²) in [6.07, 6.45) is 1.74. The van der Waals surface area contributed by atoms with Crippen LogP contribution in [-0.4, -0.2) is 38.9 Å². The molecule has 2 rings (SSSR count). The Labute approximate surface area is 126 Å². The molecule has 0 aliphatic heterocycles. The molecule has 0 saturated heterocycles. The third kappa shape index (κ3) is 2.95. The summed E-state index contributed by atoms with van der Waals surface area (Å²) >= 11 is 0. The molecule has 0 bridgehead atoms. The van der Waals surface area contributed by atoms with Crippen molar-refractivity contribution in [3.05, 3.63) is 35.9 Å². The van der Waals surface area contributed by atoms with Gasteiger partial charge in [0.2, 0.25) is 0 Å². The number of aromatic nitrogens is 4. The monoisotopic (exact) mass is 309 g/mol. The molecule has 118 valence electrons. The normalized spacial score (nSPS) is 12.5. The van der Waals surface area contributed by atoms with Gasteiger partial charge in [-0.15, -0.1) is 0 Å². The first-order chi connectivity index (χ1) is 10.5. The van der Waals surface area contributed by atoms with E-state index in [9.17, 15) is 13.6 Å². The Bertz CT molecular complexity index is 644. The lowest BCUT2D eigenvalue weighted by molar-refractivity contribution is 0.0841. The summed E-state index contributed by atoms with van der Waals surface area (Å²) in [5.41, 5.74) is 1.31. The minimum atomic E-state index is -2.55. The molecular formula is C14H17F2N5O. The Morgan fingerprint density at radius 3 is 2.64 bits per heavy atom. The zero-order valence-corrected chi connectivity index (χ0v) is 12.6. The van der Waals surface area contributed by atoms with Crippen LogP contribution in [0.1, 0.15) is 35.9 Å². The highest BCUT2D eigenvalue weighted by Gasteiger charge is 2.25. The first-order valence-corrected chi connectivity index (χ1v) is 6.88. The van der Waals surface area contributed by atoms with E-state index < -0.39 is 12.5 Å². The first-order valence-electron chi connectivity index (χ1n) is 6.88. The molecule has 2 aromatic rings. The van der Waals surface area contributed by atoms with Gasteiger partial charge >= 0.3 is 0 Å². The second-order valence-corrected chi connectivity index (χ2v) is 4.81. The zero-order valence-electron chi connectivity index (χ0n) is 12.6. The molecule has 1 atom stereocenters. The van der Waals surface area contributed by atoms with Gasteiger partial charge in [-0.3, -0.25) is 9.48 Å². The lowest BCUT2D eigenvalue weighted by Crippen LogP contribution is -2.31. The summed E-state index contributed by atoms with van der Waals surface area (Å²) in [7, 11) is 0. The van der Waals surface area contributed by atoms with E-state index in [0.29, 0.717) is 23.5 Å². The number of hydrogen-bond acceptors (Lipinski definition) is 4. The number of rotatable bonds is 5. The highest BCUT2D eigenvalue weighted by Crippen LogP contribution is 2.22. The first kappa shape index (κ1) is 16.0. The quantitative estimate of drug-likeness (QED) is 0.851. The van der Waals surface area contributed by atoms with Crippen molar-refractivity contribution < 1.29 is 13.6 Å². The van der Waals surface area contributed by atoms with Crippen LogP contribution in [0, 0.1) is 6.92 Å². The van der Waals surface area contributed by atoms with Crippen molar-refractivity contribution in [2.45, 2.75) is 33.2 Å². The topological polar surface area (TPSA) is 63.9 Å². The van der Waals surface area contributed by atoms with Crippen molar-refractivity contribution >= 4 is 11.6 Å². The van der Waals surface area contributed by atoms with E-state index in [0.717, 1.165) is 0 Å². The van der Waals surface area contributed by atoms with E-state index in [1.807, 2.05) is 6.92 Å². The van der Waals surface area contributed by atoms with Crippen LogP contribution in [0.3, 0.4) is 0 Å². The second kappa shape index (κ2) is 6.59. The van der Waals surface area contributed by atoms with E-state index in [1.54, 1.807) is 13.0 Å².